The highest BCUT2D eigenvalue weighted by molar-refractivity contribution is 5.69. The number of aliphatic hydroxyl groups is 1. The minimum Gasteiger partial charge on any atom is -0.465 e. The Morgan fingerprint density at radius 2 is 1.61 bits per heavy atom. The average molecular weight is 258 g/mol. The van der Waals surface area contributed by atoms with Crippen molar-refractivity contribution in [2.24, 2.45) is 5.92 Å². The third-order valence-corrected chi connectivity index (χ3v) is 3.32. The van der Waals surface area contributed by atoms with Crippen LogP contribution in [0.4, 0.5) is 0 Å². The third kappa shape index (κ3) is 10.6. The summed E-state index contributed by atoms with van der Waals surface area (Å²) >= 11 is 0. The van der Waals surface area contributed by atoms with Gasteiger partial charge in [0, 0.05) is 12.3 Å². The largest absolute Gasteiger partial charge is 0.465 e. The lowest BCUT2D eigenvalue weighted by molar-refractivity contribution is -0.145. The number of carbonyl (C=O) groups is 1. The molecule has 0 bridgehead atoms. The van der Waals surface area contributed by atoms with Gasteiger partial charge in [0.2, 0.25) is 0 Å². The van der Waals surface area contributed by atoms with Gasteiger partial charge in [0.1, 0.15) is 0 Å². The first kappa shape index (κ1) is 17.4. The number of aliphatic hydroxyl groups excluding tert-OH is 1. The fourth-order valence-electron chi connectivity index (χ4n) is 1.66. The van der Waals surface area contributed by atoms with Crippen molar-refractivity contribution in [1.29, 1.82) is 0 Å². The van der Waals surface area contributed by atoms with Gasteiger partial charge in [-0.25, -0.2) is 0 Å². The highest BCUT2D eigenvalue weighted by atomic mass is 16.5. The molecule has 2 atom stereocenters. The van der Waals surface area contributed by atoms with E-state index in [4.69, 9.17) is 4.74 Å². The van der Waals surface area contributed by atoms with Gasteiger partial charge >= 0.3 is 5.97 Å². The minimum absolute atomic E-state index is 0.0167. The van der Waals surface area contributed by atoms with E-state index in [1.807, 2.05) is 6.92 Å². The van der Waals surface area contributed by atoms with Crippen molar-refractivity contribution < 1.29 is 14.6 Å². The van der Waals surface area contributed by atoms with E-state index in [-0.39, 0.29) is 11.9 Å². The van der Waals surface area contributed by atoms with E-state index in [0.29, 0.717) is 13.0 Å². The molecule has 0 amide bonds. The number of unbranched alkanes of at least 4 members (excludes halogenated alkanes) is 6. The van der Waals surface area contributed by atoms with E-state index in [9.17, 15) is 9.90 Å². The Bertz CT molecular complexity index is 202. The predicted molar refractivity (Wildman–Crippen MR) is 74.4 cm³/mol. The third-order valence-electron chi connectivity index (χ3n) is 3.32. The molecular weight excluding hydrogens is 228 g/mol. The van der Waals surface area contributed by atoms with Crippen LogP contribution in [0, 0.1) is 5.92 Å². The number of carbonyl (C=O) groups excluding carboxylic acids is 1. The molecule has 108 valence electrons. The van der Waals surface area contributed by atoms with E-state index >= 15 is 0 Å². The van der Waals surface area contributed by atoms with Crippen molar-refractivity contribution in [3.05, 3.63) is 0 Å². The van der Waals surface area contributed by atoms with Crippen molar-refractivity contribution in [2.75, 3.05) is 6.61 Å². The molecule has 3 heteroatoms. The summed E-state index contributed by atoms with van der Waals surface area (Å²) in [5.41, 5.74) is 0. The van der Waals surface area contributed by atoms with Gasteiger partial charge in [0.05, 0.1) is 12.7 Å². The second kappa shape index (κ2) is 11.5. The molecule has 0 heterocycles. The fourth-order valence-corrected chi connectivity index (χ4v) is 1.66. The van der Waals surface area contributed by atoms with Crippen molar-refractivity contribution in [3.8, 4) is 0 Å². The highest BCUT2D eigenvalue weighted by Crippen LogP contribution is 2.09. The number of hydrogen-bond donors (Lipinski definition) is 1. The van der Waals surface area contributed by atoms with Gasteiger partial charge in [0.15, 0.2) is 0 Å². The van der Waals surface area contributed by atoms with Crippen LogP contribution < -0.4 is 0 Å². The van der Waals surface area contributed by atoms with Crippen LogP contribution in [0.5, 0.6) is 0 Å². The molecule has 0 aliphatic rings. The van der Waals surface area contributed by atoms with Gasteiger partial charge in [-0.05, 0) is 13.3 Å². The molecule has 0 spiro atoms. The lowest BCUT2D eigenvalue weighted by atomic mass is 10.1. The van der Waals surface area contributed by atoms with Gasteiger partial charge in [-0.15, -0.1) is 0 Å². The summed E-state index contributed by atoms with van der Waals surface area (Å²) in [7, 11) is 0. The predicted octanol–water partition coefficient (Wildman–Crippen LogP) is 3.69. The molecule has 0 aliphatic carbocycles. The SMILES string of the molecule is CCCCCCCCCC(=O)OCC(C)C(C)O. The fraction of sp³-hybridized carbons (Fsp3) is 0.933. The minimum atomic E-state index is -0.420. The van der Waals surface area contributed by atoms with Crippen molar-refractivity contribution in [2.45, 2.75) is 78.2 Å². The van der Waals surface area contributed by atoms with E-state index in [2.05, 4.69) is 6.92 Å². The van der Waals surface area contributed by atoms with Gasteiger partial charge in [-0.3, -0.25) is 4.79 Å². The van der Waals surface area contributed by atoms with Crippen LogP contribution in [-0.2, 0) is 9.53 Å². The maximum atomic E-state index is 11.4. The zero-order chi connectivity index (χ0) is 13.8. The second-order valence-corrected chi connectivity index (χ2v) is 5.27. The number of ether oxygens (including phenoxy) is 1. The molecule has 0 rings (SSSR count). The van der Waals surface area contributed by atoms with Crippen LogP contribution in [0.2, 0.25) is 0 Å². The first-order valence-electron chi connectivity index (χ1n) is 7.41. The van der Waals surface area contributed by atoms with Gasteiger partial charge in [-0.2, -0.15) is 0 Å². The lowest BCUT2D eigenvalue weighted by Gasteiger charge is -2.14. The summed E-state index contributed by atoms with van der Waals surface area (Å²) in [6.07, 6.45) is 8.54. The molecule has 0 aromatic heterocycles. The molecule has 0 aromatic carbocycles. The van der Waals surface area contributed by atoms with Crippen LogP contribution in [0.25, 0.3) is 0 Å². The summed E-state index contributed by atoms with van der Waals surface area (Å²) in [6.45, 7) is 6.14. The maximum Gasteiger partial charge on any atom is 0.305 e. The Balaban J connectivity index is 3.32. The molecule has 0 aliphatic heterocycles. The molecule has 3 nitrogen and oxygen atoms in total. The van der Waals surface area contributed by atoms with E-state index in [1.165, 1.54) is 32.1 Å². The van der Waals surface area contributed by atoms with Crippen molar-refractivity contribution in [3.63, 3.8) is 0 Å². The van der Waals surface area contributed by atoms with E-state index in [0.717, 1.165) is 12.8 Å². The summed E-state index contributed by atoms with van der Waals surface area (Å²) in [6, 6.07) is 0. The Morgan fingerprint density at radius 3 is 2.17 bits per heavy atom. The van der Waals surface area contributed by atoms with Crippen LogP contribution in [-0.4, -0.2) is 23.8 Å². The Kier molecular flexibility index (Phi) is 11.2. The number of esters is 1. The Morgan fingerprint density at radius 1 is 1.06 bits per heavy atom. The first-order chi connectivity index (χ1) is 8.57. The zero-order valence-corrected chi connectivity index (χ0v) is 12.3. The average Bonchev–Trinajstić information content (AvgIpc) is 2.34. The first-order valence-corrected chi connectivity index (χ1v) is 7.41. The van der Waals surface area contributed by atoms with Crippen LogP contribution in [0.3, 0.4) is 0 Å². The van der Waals surface area contributed by atoms with Crippen LogP contribution >= 0.6 is 0 Å². The number of rotatable bonds is 11. The Hall–Kier alpha value is -0.570. The van der Waals surface area contributed by atoms with Gasteiger partial charge in [-0.1, -0.05) is 52.4 Å². The molecule has 0 saturated heterocycles. The van der Waals surface area contributed by atoms with E-state index < -0.39 is 6.10 Å². The smallest absolute Gasteiger partial charge is 0.305 e. The molecule has 0 radical (unpaired) electrons. The summed E-state index contributed by atoms with van der Waals surface area (Å²) in [5.74, 6) is -0.112. The lowest BCUT2D eigenvalue weighted by Crippen LogP contribution is -2.20. The molecule has 2 unspecified atom stereocenters. The molecule has 1 N–H and O–H groups in total. The standard InChI is InChI=1S/C15H30O3/c1-4-5-6-7-8-9-10-11-15(17)18-12-13(2)14(3)16/h13-14,16H,4-12H2,1-3H3. The van der Waals surface area contributed by atoms with Crippen LogP contribution in [0.15, 0.2) is 0 Å². The zero-order valence-electron chi connectivity index (χ0n) is 12.3. The molecular formula is C15H30O3. The van der Waals surface area contributed by atoms with Gasteiger partial charge < -0.3 is 9.84 Å². The van der Waals surface area contributed by atoms with Crippen molar-refractivity contribution >= 4 is 5.97 Å². The summed E-state index contributed by atoms with van der Waals surface area (Å²) < 4.78 is 5.11. The quantitative estimate of drug-likeness (QED) is 0.454. The highest BCUT2D eigenvalue weighted by Gasteiger charge is 2.11. The van der Waals surface area contributed by atoms with Crippen molar-refractivity contribution in [1.82, 2.24) is 0 Å². The normalized spacial score (nSPS) is 14.2. The molecule has 18 heavy (non-hydrogen) atoms. The number of hydrogen-bond acceptors (Lipinski definition) is 3. The summed E-state index contributed by atoms with van der Waals surface area (Å²) in [4.78, 5) is 11.4. The maximum absolute atomic E-state index is 11.4. The van der Waals surface area contributed by atoms with Gasteiger partial charge in [0.25, 0.3) is 0 Å². The molecule has 0 aromatic rings. The second-order valence-electron chi connectivity index (χ2n) is 5.27. The summed E-state index contributed by atoms with van der Waals surface area (Å²) in [5, 5.41) is 9.26. The Labute approximate surface area is 112 Å². The topological polar surface area (TPSA) is 46.5 Å². The molecule has 0 saturated carbocycles. The van der Waals surface area contributed by atoms with Crippen LogP contribution in [0.1, 0.15) is 72.1 Å². The monoisotopic (exact) mass is 258 g/mol. The van der Waals surface area contributed by atoms with E-state index in [1.54, 1.807) is 6.92 Å². The molecule has 0 fully saturated rings.